The van der Waals surface area contributed by atoms with Gasteiger partial charge in [0.2, 0.25) is 5.78 Å². The molecule has 0 saturated carbocycles. The fourth-order valence-corrected chi connectivity index (χ4v) is 5.02. The van der Waals surface area contributed by atoms with Crippen molar-refractivity contribution in [2.75, 3.05) is 11.1 Å². The molecule has 2 aromatic heterocycles. The number of ketones is 2. The Morgan fingerprint density at radius 1 is 1.26 bits per heavy atom. The Kier molecular flexibility index (Phi) is 5.12. The summed E-state index contributed by atoms with van der Waals surface area (Å²) >= 11 is 1.17. The maximum atomic E-state index is 13.2. The highest BCUT2D eigenvalue weighted by Gasteiger charge is 2.36. The zero-order valence-corrected chi connectivity index (χ0v) is 17.5. The highest BCUT2D eigenvalue weighted by Crippen LogP contribution is 2.50. The Morgan fingerprint density at radius 3 is 2.68 bits per heavy atom. The largest absolute Gasteiger partial charge is 0.397 e. The number of nitro groups is 1. The van der Waals surface area contributed by atoms with Gasteiger partial charge in [-0.1, -0.05) is 18.2 Å². The number of benzene rings is 1. The van der Waals surface area contributed by atoms with Crippen molar-refractivity contribution in [3.8, 4) is 0 Å². The zero-order chi connectivity index (χ0) is 22.3. The van der Waals surface area contributed by atoms with E-state index in [1.165, 1.54) is 42.5 Å². The molecule has 31 heavy (non-hydrogen) atoms. The van der Waals surface area contributed by atoms with Crippen molar-refractivity contribution in [3.05, 3.63) is 91.7 Å². The average Bonchev–Trinajstić information content (AvgIpc) is 3.08. The van der Waals surface area contributed by atoms with Gasteiger partial charge in [0.05, 0.1) is 15.6 Å². The van der Waals surface area contributed by atoms with E-state index in [2.05, 4.69) is 10.3 Å². The molecule has 4 rings (SSSR count). The number of allylic oxidation sites excluding steroid dienone is 2. The van der Waals surface area contributed by atoms with E-state index in [0.717, 1.165) is 5.56 Å². The highest BCUT2D eigenvalue weighted by atomic mass is 32.1. The summed E-state index contributed by atoms with van der Waals surface area (Å²) in [5.41, 5.74) is 9.38. The van der Waals surface area contributed by atoms with Gasteiger partial charge < -0.3 is 11.1 Å². The third-order valence-electron chi connectivity index (χ3n) is 5.19. The second-order valence-corrected chi connectivity index (χ2v) is 8.18. The number of nitrogens with one attached hydrogen (secondary N) is 1. The fourth-order valence-electron chi connectivity index (χ4n) is 3.84. The smallest absolute Gasteiger partial charge is 0.270 e. The van der Waals surface area contributed by atoms with Crippen molar-refractivity contribution in [1.29, 1.82) is 0 Å². The minimum Gasteiger partial charge on any atom is -0.397 e. The third-order valence-corrected chi connectivity index (χ3v) is 6.32. The van der Waals surface area contributed by atoms with Gasteiger partial charge in [0.15, 0.2) is 5.78 Å². The summed E-state index contributed by atoms with van der Waals surface area (Å²) < 4.78 is 0. The first-order valence-electron chi connectivity index (χ1n) is 9.39. The molecule has 3 heterocycles. The van der Waals surface area contributed by atoms with E-state index >= 15 is 0 Å². The van der Waals surface area contributed by atoms with Gasteiger partial charge in [0.25, 0.3) is 5.69 Å². The van der Waals surface area contributed by atoms with Gasteiger partial charge in [-0.05, 0) is 25.5 Å². The lowest BCUT2D eigenvalue weighted by atomic mass is 9.81. The molecule has 9 heteroatoms. The molecule has 0 amide bonds. The van der Waals surface area contributed by atoms with Crippen molar-refractivity contribution in [1.82, 2.24) is 4.98 Å². The van der Waals surface area contributed by atoms with Gasteiger partial charge in [-0.3, -0.25) is 24.7 Å². The first-order chi connectivity index (χ1) is 14.8. The van der Waals surface area contributed by atoms with E-state index in [1.54, 1.807) is 25.4 Å². The van der Waals surface area contributed by atoms with Gasteiger partial charge in [-0.2, -0.15) is 0 Å². The molecule has 0 bridgehead atoms. The number of nitro benzene ring substituents is 1. The predicted octanol–water partition coefficient (Wildman–Crippen LogP) is 4.28. The highest BCUT2D eigenvalue weighted by molar-refractivity contribution is 7.19. The quantitative estimate of drug-likeness (QED) is 0.348. The van der Waals surface area contributed by atoms with Crippen LogP contribution < -0.4 is 11.1 Å². The maximum Gasteiger partial charge on any atom is 0.270 e. The van der Waals surface area contributed by atoms with Crippen LogP contribution in [-0.4, -0.2) is 21.5 Å². The molecule has 0 aliphatic carbocycles. The molecule has 0 saturated heterocycles. The molecule has 1 atom stereocenters. The molecule has 0 fully saturated rings. The number of fused-ring (bicyclic) bond motifs is 1. The number of nitrogens with zero attached hydrogens (tertiary/aromatic N) is 2. The molecule has 156 valence electrons. The number of carbonyl (C=O) groups is 2. The number of anilines is 2. The number of rotatable bonds is 5. The Hall–Kier alpha value is -3.85. The van der Waals surface area contributed by atoms with E-state index in [1.807, 2.05) is 6.07 Å². The van der Waals surface area contributed by atoms with Gasteiger partial charge >= 0.3 is 0 Å². The lowest BCUT2D eigenvalue weighted by Gasteiger charge is -2.28. The van der Waals surface area contributed by atoms with Crippen LogP contribution in [0.4, 0.5) is 16.4 Å². The number of pyridine rings is 1. The molecule has 1 aliphatic rings. The molecule has 1 unspecified atom stereocenters. The van der Waals surface area contributed by atoms with Gasteiger partial charge in [0, 0.05) is 52.8 Å². The van der Waals surface area contributed by atoms with Crippen LogP contribution in [0.1, 0.15) is 46.1 Å². The Bertz CT molecular complexity index is 1260. The number of nitrogen functional groups attached to an aromatic ring is 1. The minimum atomic E-state index is -0.550. The standard InChI is InChI=1S/C22H18N4O4S/c1-11-16(12(2)27)17(14-6-4-8-24-10-14)18-19(23)21(31-22(18)25-11)20(28)13-5-3-7-15(9-13)26(29)30/h3-10,17,25H,23H2,1-2H3. The Labute approximate surface area is 181 Å². The van der Waals surface area contributed by atoms with Crippen molar-refractivity contribution < 1.29 is 14.5 Å². The lowest BCUT2D eigenvalue weighted by Crippen LogP contribution is -2.21. The van der Waals surface area contributed by atoms with Crippen LogP contribution in [0.5, 0.6) is 0 Å². The Morgan fingerprint density at radius 2 is 2.03 bits per heavy atom. The molecule has 3 N–H and O–H groups in total. The second kappa shape index (κ2) is 7.77. The molecule has 3 aromatic rings. The van der Waals surface area contributed by atoms with Crippen LogP contribution in [0.15, 0.2) is 60.1 Å². The summed E-state index contributed by atoms with van der Waals surface area (Å²) in [7, 11) is 0. The fraction of sp³-hybridized carbons (Fsp3) is 0.136. The summed E-state index contributed by atoms with van der Waals surface area (Å²) in [5, 5.41) is 15.0. The van der Waals surface area contributed by atoms with Crippen LogP contribution in [0, 0.1) is 10.1 Å². The minimum absolute atomic E-state index is 0.110. The van der Waals surface area contributed by atoms with Crippen LogP contribution >= 0.6 is 11.3 Å². The Balaban J connectivity index is 1.87. The van der Waals surface area contributed by atoms with E-state index in [4.69, 9.17) is 5.73 Å². The van der Waals surface area contributed by atoms with Crippen molar-refractivity contribution in [2.24, 2.45) is 0 Å². The normalized spacial score (nSPS) is 15.2. The monoisotopic (exact) mass is 434 g/mol. The van der Waals surface area contributed by atoms with E-state index in [9.17, 15) is 19.7 Å². The van der Waals surface area contributed by atoms with Crippen molar-refractivity contribution in [3.63, 3.8) is 0 Å². The zero-order valence-electron chi connectivity index (χ0n) is 16.7. The number of Topliss-reactive ketones (excluding diaryl/α,β-unsaturated/α-hetero) is 1. The van der Waals surface area contributed by atoms with E-state index in [0.29, 0.717) is 21.8 Å². The van der Waals surface area contributed by atoms with Crippen molar-refractivity contribution in [2.45, 2.75) is 19.8 Å². The molecule has 8 nitrogen and oxygen atoms in total. The summed E-state index contributed by atoms with van der Waals surface area (Å²) in [6.07, 6.45) is 3.32. The topological polar surface area (TPSA) is 128 Å². The maximum absolute atomic E-state index is 13.2. The SMILES string of the molecule is CC(=O)C1=C(C)Nc2sc(C(=O)c3cccc([N+](=O)[O-])c3)c(N)c2C1c1cccnc1. The number of hydrogen-bond acceptors (Lipinski definition) is 8. The summed E-state index contributed by atoms with van der Waals surface area (Å²) in [6, 6.07) is 9.18. The molecule has 1 aromatic carbocycles. The molecule has 0 radical (unpaired) electrons. The number of aromatic nitrogens is 1. The summed E-state index contributed by atoms with van der Waals surface area (Å²) in [6.45, 7) is 3.30. The molecule has 1 aliphatic heterocycles. The van der Waals surface area contributed by atoms with Gasteiger partial charge in [-0.25, -0.2) is 0 Å². The molecular formula is C22H18N4O4S. The molecular weight excluding hydrogens is 416 g/mol. The number of thiophene rings is 1. The summed E-state index contributed by atoms with van der Waals surface area (Å²) in [4.78, 5) is 40.7. The molecule has 0 spiro atoms. The van der Waals surface area contributed by atoms with Crippen LogP contribution in [0.3, 0.4) is 0 Å². The van der Waals surface area contributed by atoms with Crippen molar-refractivity contribution >= 4 is 39.3 Å². The summed E-state index contributed by atoms with van der Waals surface area (Å²) in [5.74, 6) is -0.985. The second-order valence-electron chi connectivity index (χ2n) is 7.16. The first kappa shape index (κ1) is 20.4. The van der Waals surface area contributed by atoms with E-state index in [-0.39, 0.29) is 27.6 Å². The van der Waals surface area contributed by atoms with Crippen LogP contribution in [0.25, 0.3) is 0 Å². The number of non-ortho nitro benzene ring substituents is 1. The third kappa shape index (κ3) is 3.49. The number of carbonyl (C=O) groups excluding carboxylic acids is 2. The average molecular weight is 434 g/mol. The van der Waals surface area contributed by atoms with Gasteiger partial charge in [-0.15, -0.1) is 11.3 Å². The number of hydrogen-bond donors (Lipinski definition) is 2. The predicted molar refractivity (Wildman–Crippen MR) is 118 cm³/mol. The van der Waals surface area contributed by atoms with E-state index < -0.39 is 16.6 Å². The van der Waals surface area contributed by atoms with Crippen LogP contribution in [0.2, 0.25) is 0 Å². The van der Waals surface area contributed by atoms with Crippen LogP contribution in [-0.2, 0) is 4.79 Å². The lowest BCUT2D eigenvalue weighted by molar-refractivity contribution is -0.384. The number of nitrogens with two attached hydrogens (primary N) is 1. The van der Waals surface area contributed by atoms with Gasteiger partial charge in [0.1, 0.15) is 4.88 Å². The first-order valence-corrected chi connectivity index (χ1v) is 10.2.